The fraction of sp³-hybridized carbons (Fsp3) is 0.0500. The number of hydrogen-bond donors (Lipinski definition) is 2. The number of ether oxygens (including phenoxy) is 2. The molecule has 2 aliphatic rings. The minimum atomic E-state index is -1.22. The molecule has 0 radical (unpaired) electrons. The molecule has 32 heavy (non-hydrogen) atoms. The monoisotopic (exact) mass is 902 g/mol. The predicted molar refractivity (Wildman–Crippen MR) is 145 cm³/mol. The summed E-state index contributed by atoms with van der Waals surface area (Å²) < 4.78 is 14.6. The van der Waals surface area contributed by atoms with Gasteiger partial charge in [0.25, 0.3) is 0 Å². The van der Waals surface area contributed by atoms with E-state index in [0.717, 1.165) is 0 Å². The Bertz CT molecular complexity index is 1220. The van der Waals surface area contributed by atoms with Gasteiger partial charge in [-0.05, 0) is 109 Å². The molecule has 6 nitrogen and oxygen atoms in total. The summed E-state index contributed by atoms with van der Waals surface area (Å²) in [4.78, 5) is 12.9. The van der Waals surface area contributed by atoms with E-state index < -0.39 is 11.6 Å². The molecule has 0 aliphatic carbocycles. The largest absolute Gasteiger partial charge is 1.00 e. The zero-order valence-corrected chi connectivity index (χ0v) is 29.2. The van der Waals surface area contributed by atoms with Gasteiger partial charge < -0.3 is 28.0 Å². The summed E-state index contributed by atoms with van der Waals surface area (Å²) in [5.41, 5.74) is 1.27. The van der Waals surface area contributed by atoms with Gasteiger partial charge in [0.1, 0.15) is 11.5 Å². The second kappa shape index (κ2) is 10.8. The summed E-state index contributed by atoms with van der Waals surface area (Å²) in [6, 6.07) is 10.9. The first kappa shape index (κ1) is 29.6. The molecular formula is C20H12I4Na2O6. The average molecular weight is 902 g/mol. The number of carbonyl (C=O) groups excluding carboxylic acids is 1. The summed E-state index contributed by atoms with van der Waals surface area (Å²) in [7, 11) is 0. The fourth-order valence-electron chi connectivity index (χ4n) is 3.77. The van der Waals surface area contributed by atoms with Gasteiger partial charge in [0, 0.05) is 5.56 Å². The molecule has 0 fully saturated rings. The summed E-state index contributed by atoms with van der Waals surface area (Å²) >= 11 is 8.17. The van der Waals surface area contributed by atoms with E-state index in [9.17, 15) is 15.0 Å². The van der Waals surface area contributed by atoms with E-state index in [0.29, 0.717) is 48.0 Å². The number of hydrogen-bond acceptors (Lipinski definition) is 5. The third kappa shape index (κ3) is 4.18. The van der Waals surface area contributed by atoms with Crippen LogP contribution in [0.3, 0.4) is 0 Å². The zero-order valence-electron chi connectivity index (χ0n) is 18.6. The molecule has 0 atom stereocenters. The third-order valence-electron chi connectivity index (χ3n) is 5.03. The number of esters is 1. The quantitative estimate of drug-likeness (QED) is 0.180. The number of fused-ring (bicyclic) bond motifs is 6. The maximum Gasteiger partial charge on any atom is 1.00 e. The molecule has 158 valence electrons. The van der Waals surface area contributed by atoms with Gasteiger partial charge in [-0.3, -0.25) is 0 Å². The second-order valence-corrected chi connectivity index (χ2v) is 11.0. The maximum atomic E-state index is 12.9. The second-order valence-electron chi connectivity index (χ2n) is 6.51. The summed E-state index contributed by atoms with van der Waals surface area (Å²) in [6.45, 7) is 0. The van der Waals surface area contributed by atoms with Crippen molar-refractivity contribution >= 4 is 96.3 Å². The molecule has 0 unspecified atom stereocenters. The van der Waals surface area contributed by atoms with Crippen LogP contribution < -0.4 is 63.9 Å². The molecule has 0 amide bonds. The van der Waals surface area contributed by atoms with E-state index in [-0.39, 0.29) is 78.9 Å². The average Bonchev–Trinajstić information content (AvgIpc) is 3.00. The molecule has 3 aromatic carbocycles. The van der Waals surface area contributed by atoms with Crippen molar-refractivity contribution in [3.63, 3.8) is 0 Å². The minimum absolute atomic E-state index is 0. The Kier molecular flexibility index (Phi) is 10.0. The smallest absolute Gasteiger partial charge is 1.00 e. The van der Waals surface area contributed by atoms with Crippen LogP contribution in [0.25, 0.3) is 0 Å². The van der Waals surface area contributed by atoms with Crippen LogP contribution in [0.5, 0.6) is 23.0 Å². The number of phenolic OH excluding ortho intramolecular Hbond substituents is 2. The Morgan fingerprint density at radius 3 is 1.78 bits per heavy atom. The van der Waals surface area contributed by atoms with Crippen LogP contribution in [-0.2, 0) is 10.3 Å². The van der Waals surface area contributed by atoms with E-state index in [1.54, 1.807) is 24.3 Å². The summed E-state index contributed by atoms with van der Waals surface area (Å²) in [5.74, 6) is 0.616. The van der Waals surface area contributed by atoms with Crippen LogP contribution in [0.15, 0.2) is 36.4 Å². The number of rotatable bonds is 0. The first-order valence-corrected chi connectivity index (χ1v) is 12.5. The van der Waals surface area contributed by atoms with Crippen LogP contribution in [0.2, 0.25) is 0 Å². The Morgan fingerprint density at radius 2 is 1.28 bits per heavy atom. The minimum Gasteiger partial charge on any atom is -1.00 e. The van der Waals surface area contributed by atoms with Crippen LogP contribution >= 0.6 is 90.4 Å². The third-order valence-corrected chi connectivity index (χ3v) is 8.68. The standard InChI is InChI=1S/C20H8I4O5.2Na.H2O.2H/c21-11-5-9-17(13(23)15(11)25)28-18-10(6-12(22)16(26)14(18)24)20(9)8-4-2-1-3-7(8)19(27)29-20;;;;;/h1-6,25-26H;;;1H2;;/q;2*+1;;2*-1. The van der Waals surface area contributed by atoms with Crippen molar-refractivity contribution in [3.8, 4) is 23.0 Å². The topological polar surface area (TPSA) is 107 Å². The molecule has 1 spiro atoms. The van der Waals surface area contributed by atoms with E-state index in [1.165, 1.54) is 0 Å². The van der Waals surface area contributed by atoms with E-state index in [1.807, 2.05) is 57.3 Å². The van der Waals surface area contributed by atoms with Gasteiger partial charge >= 0.3 is 65.1 Å². The Hall–Kier alpha value is 1.41. The molecule has 0 saturated carbocycles. The number of phenols is 2. The molecule has 12 heteroatoms. The fourth-order valence-corrected chi connectivity index (χ4v) is 7.35. The van der Waals surface area contributed by atoms with Gasteiger partial charge in [-0.15, -0.1) is 0 Å². The van der Waals surface area contributed by atoms with Gasteiger partial charge in [-0.25, -0.2) is 4.79 Å². The van der Waals surface area contributed by atoms with Crippen molar-refractivity contribution in [3.05, 3.63) is 72.9 Å². The van der Waals surface area contributed by atoms with Crippen molar-refractivity contribution in [1.82, 2.24) is 0 Å². The van der Waals surface area contributed by atoms with Crippen molar-refractivity contribution in [2.75, 3.05) is 0 Å². The number of benzene rings is 3. The van der Waals surface area contributed by atoms with E-state index in [2.05, 4.69) is 45.2 Å². The van der Waals surface area contributed by atoms with E-state index >= 15 is 0 Å². The normalized spacial score (nSPS) is 13.9. The zero-order chi connectivity index (χ0) is 20.7. The molecule has 5 rings (SSSR count). The molecule has 0 saturated heterocycles. The summed E-state index contributed by atoms with van der Waals surface area (Å²) in [5, 5.41) is 21.0. The van der Waals surface area contributed by atoms with Crippen molar-refractivity contribution in [1.29, 1.82) is 0 Å². The van der Waals surface area contributed by atoms with Gasteiger partial charge in [-0.2, -0.15) is 0 Å². The van der Waals surface area contributed by atoms with Gasteiger partial charge in [-0.1, -0.05) is 18.2 Å². The number of carbonyl (C=O) groups is 1. The first-order chi connectivity index (χ1) is 13.8. The number of aromatic hydroxyl groups is 2. The summed E-state index contributed by atoms with van der Waals surface area (Å²) in [6.07, 6.45) is 0. The van der Waals surface area contributed by atoms with Crippen LogP contribution in [0, 0.1) is 14.3 Å². The van der Waals surface area contributed by atoms with Gasteiger partial charge in [0.05, 0.1) is 31.0 Å². The predicted octanol–water partition coefficient (Wildman–Crippen LogP) is -0.507. The molecule has 2 aliphatic heterocycles. The molecular weight excluding hydrogens is 890 g/mol. The van der Waals surface area contributed by atoms with Crippen LogP contribution in [-0.4, -0.2) is 21.7 Å². The Labute approximate surface area is 285 Å². The van der Waals surface area contributed by atoms with Gasteiger partial charge in [0.2, 0.25) is 0 Å². The maximum absolute atomic E-state index is 12.9. The van der Waals surface area contributed by atoms with Crippen molar-refractivity contribution in [2.45, 2.75) is 5.60 Å². The van der Waals surface area contributed by atoms with Crippen molar-refractivity contribution < 1.29 is 91.9 Å². The Balaban J connectivity index is 0.00000218. The SMILES string of the molecule is O.O=C1OC2(c3ccccc31)c1cc(I)c(O)c(I)c1Oc1c2cc(I)c(O)c1I.[H-].[H-].[Na+].[Na+]. The van der Waals surface area contributed by atoms with Crippen LogP contribution in [0.1, 0.15) is 29.9 Å². The van der Waals surface area contributed by atoms with Crippen molar-refractivity contribution in [2.24, 2.45) is 0 Å². The molecule has 0 aromatic heterocycles. The van der Waals surface area contributed by atoms with Crippen LogP contribution in [0.4, 0.5) is 0 Å². The molecule has 2 heterocycles. The number of halogens is 4. The first-order valence-electron chi connectivity index (χ1n) is 8.21. The molecule has 4 N–H and O–H groups in total. The molecule has 3 aromatic rings. The van der Waals surface area contributed by atoms with E-state index in [4.69, 9.17) is 9.47 Å². The Morgan fingerprint density at radius 1 is 0.812 bits per heavy atom. The van der Waals surface area contributed by atoms with Gasteiger partial charge in [0.15, 0.2) is 17.1 Å². The molecule has 0 bridgehead atoms.